The van der Waals surface area contributed by atoms with Gasteiger partial charge in [0.2, 0.25) is 0 Å². The molecular formula is C20H23N3O. The molecule has 2 aromatic rings. The van der Waals surface area contributed by atoms with E-state index in [-0.39, 0.29) is 12.2 Å². The second-order valence-electron chi connectivity index (χ2n) is 6.64. The first-order valence-corrected chi connectivity index (χ1v) is 8.36. The third kappa shape index (κ3) is 3.42. The fraction of sp³-hybridized carbons (Fsp3) is 0.400. The van der Waals surface area contributed by atoms with Crippen molar-refractivity contribution in [1.82, 2.24) is 4.98 Å². The summed E-state index contributed by atoms with van der Waals surface area (Å²) >= 11 is 0. The summed E-state index contributed by atoms with van der Waals surface area (Å²) in [4.78, 5) is 6.68. The van der Waals surface area contributed by atoms with E-state index in [1.54, 1.807) is 0 Å². The average molecular weight is 321 g/mol. The number of morpholine rings is 1. The highest BCUT2D eigenvalue weighted by Crippen LogP contribution is 2.29. The third-order valence-corrected chi connectivity index (χ3v) is 4.29. The molecule has 1 aromatic heterocycles. The molecule has 1 aliphatic heterocycles. The number of benzene rings is 1. The van der Waals surface area contributed by atoms with E-state index in [0.717, 1.165) is 41.3 Å². The fourth-order valence-corrected chi connectivity index (χ4v) is 3.46. The number of ether oxygens (including phenoxy) is 1. The Kier molecular flexibility index (Phi) is 4.55. The Balaban J connectivity index is 1.98. The largest absolute Gasteiger partial charge is 0.372 e. The molecule has 4 heteroatoms. The van der Waals surface area contributed by atoms with Crippen LogP contribution >= 0.6 is 0 Å². The Labute approximate surface area is 143 Å². The molecule has 0 spiro atoms. The number of anilines is 1. The minimum Gasteiger partial charge on any atom is -0.372 e. The van der Waals surface area contributed by atoms with E-state index >= 15 is 0 Å². The van der Waals surface area contributed by atoms with E-state index in [1.807, 2.05) is 19.9 Å². The minimum atomic E-state index is 0.172. The van der Waals surface area contributed by atoms with E-state index in [1.165, 1.54) is 0 Å². The van der Waals surface area contributed by atoms with Crippen molar-refractivity contribution in [2.75, 3.05) is 18.0 Å². The summed E-state index contributed by atoms with van der Waals surface area (Å²) in [5, 5.41) is 9.64. The second-order valence-corrected chi connectivity index (χ2v) is 6.64. The number of nitriles is 1. The van der Waals surface area contributed by atoms with Crippen LogP contribution in [-0.2, 0) is 4.74 Å². The summed E-state index contributed by atoms with van der Waals surface area (Å²) in [7, 11) is 0. The van der Waals surface area contributed by atoms with E-state index in [0.29, 0.717) is 5.56 Å². The summed E-state index contributed by atoms with van der Waals surface area (Å²) in [6.45, 7) is 9.76. The lowest BCUT2D eigenvalue weighted by Crippen LogP contribution is -2.45. The molecule has 1 saturated heterocycles. The van der Waals surface area contributed by atoms with Crippen molar-refractivity contribution in [2.24, 2.45) is 0 Å². The van der Waals surface area contributed by atoms with Crippen LogP contribution in [0.4, 0.5) is 5.69 Å². The average Bonchev–Trinajstić information content (AvgIpc) is 2.52. The van der Waals surface area contributed by atoms with E-state index in [4.69, 9.17) is 4.74 Å². The zero-order chi connectivity index (χ0) is 17.3. The predicted octanol–water partition coefficient (Wildman–Crippen LogP) is 3.85. The first-order chi connectivity index (χ1) is 11.5. The van der Waals surface area contributed by atoms with Crippen LogP contribution in [0.25, 0.3) is 11.1 Å². The molecule has 24 heavy (non-hydrogen) atoms. The Bertz CT molecular complexity index is 764. The van der Waals surface area contributed by atoms with Gasteiger partial charge in [-0.2, -0.15) is 5.26 Å². The summed E-state index contributed by atoms with van der Waals surface area (Å²) in [6, 6.07) is 12.6. The molecule has 0 aliphatic carbocycles. The van der Waals surface area contributed by atoms with Gasteiger partial charge >= 0.3 is 0 Å². The van der Waals surface area contributed by atoms with Crippen molar-refractivity contribution in [3.05, 3.63) is 47.3 Å². The number of hydrogen-bond donors (Lipinski definition) is 0. The standard InChI is InChI=1S/C20H23N3O/c1-13-7-18(8-14(2)22-13)17-5-6-20(19(9-17)10-21)23-11-15(3)24-16(4)12-23/h5-9,15-16H,11-12H2,1-4H3. The van der Waals surface area contributed by atoms with Crippen molar-refractivity contribution in [3.8, 4) is 17.2 Å². The molecule has 0 bridgehead atoms. The number of aromatic nitrogens is 1. The molecule has 0 N–H and O–H groups in total. The maximum absolute atomic E-state index is 9.64. The Hall–Kier alpha value is -2.38. The highest BCUT2D eigenvalue weighted by Gasteiger charge is 2.24. The van der Waals surface area contributed by atoms with Gasteiger partial charge in [-0.3, -0.25) is 4.98 Å². The molecule has 2 heterocycles. The smallest absolute Gasteiger partial charge is 0.101 e. The van der Waals surface area contributed by atoms with Crippen molar-refractivity contribution >= 4 is 5.69 Å². The summed E-state index contributed by atoms with van der Waals surface area (Å²) < 4.78 is 5.80. The zero-order valence-electron chi connectivity index (χ0n) is 14.7. The van der Waals surface area contributed by atoms with E-state index < -0.39 is 0 Å². The van der Waals surface area contributed by atoms with Gasteiger partial charge in [0.25, 0.3) is 0 Å². The monoisotopic (exact) mass is 321 g/mol. The molecule has 2 atom stereocenters. The summed E-state index contributed by atoms with van der Waals surface area (Å²) in [5.41, 5.74) is 5.84. The maximum atomic E-state index is 9.64. The molecule has 0 saturated carbocycles. The molecule has 3 rings (SSSR count). The molecule has 124 valence electrons. The lowest BCUT2D eigenvalue weighted by atomic mass is 10.0. The molecule has 1 aliphatic rings. The Morgan fingerprint density at radius 2 is 1.67 bits per heavy atom. The predicted molar refractivity (Wildman–Crippen MR) is 96.1 cm³/mol. The quantitative estimate of drug-likeness (QED) is 0.843. The van der Waals surface area contributed by atoms with Crippen molar-refractivity contribution < 1.29 is 4.74 Å². The topological polar surface area (TPSA) is 49.1 Å². The van der Waals surface area contributed by atoms with Crippen LogP contribution in [0.15, 0.2) is 30.3 Å². The van der Waals surface area contributed by atoms with Crippen LogP contribution in [0.1, 0.15) is 30.8 Å². The first-order valence-electron chi connectivity index (χ1n) is 8.36. The third-order valence-electron chi connectivity index (χ3n) is 4.29. The number of aryl methyl sites for hydroxylation is 2. The lowest BCUT2D eigenvalue weighted by molar-refractivity contribution is -0.00522. The minimum absolute atomic E-state index is 0.172. The Morgan fingerprint density at radius 1 is 1.04 bits per heavy atom. The van der Waals surface area contributed by atoms with Gasteiger partial charge in [0.1, 0.15) is 6.07 Å². The number of hydrogen-bond acceptors (Lipinski definition) is 4. The molecule has 0 radical (unpaired) electrons. The normalized spacial score (nSPS) is 20.7. The van der Waals surface area contributed by atoms with Crippen molar-refractivity contribution in [1.29, 1.82) is 5.26 Å². The molecule has 1 fully saturated rings. The lowest BCUT2D eigenvalue weighted by Gasteiger charge is -2.37. The fourth-order valence-electron chi connectivity index (χ4n) is 3.46. The van der Waals surface area contributed by atoms with Crippen LogP contribution in [0.2, 0.25) is 0 Å². The van der Waals surface area contributed by atoms with Crippen LogP contribution in [0.3, 0.4) is 0 Å². The van der Waals surface area contributed by atoms with Crippen LogP contribution < -0.4 is 4.90 Å². The Morgan fingerprint density at radius 3 is 2.25 bits per heavy atom. The van der Waals surface area contributed by atoms with E-state index in [2.05, 4.69) is 54.1 Å². The number of rotatable bonds is 2. The number of nitrogens with zero attached hydrogens (tertiary/aromatic N) is 3. The second kappa shape index (κ2) is 6.62. The van der Waals surface area contributed by atoms with E-state index in [9.17, 15) is 5.26 Å². The first kappa shape index (κ1) is 16.5. The summed E-state index contributed by atoms with van der Waals surface area (Å²) in [6.07, 6.45) is 0.343. The van der Waals surface area contributed by atoms with Gasteiger partial charge in [0.05, 0.1) is 23.5 Å². The molecule has 4 nitrogen and oxygen atoms in total. The SMILES string of the molecule is Cc1cc(-c2ccc(N3CC(C)OC(C)C3)c(C#N)c2)cc(C)n1. The van der Waals surface area contributed by atoms with Crippen LogP contribution in [-0.4, -0.2) is 30.3 Å². The molecule has 0 amide bonds. The van der Waals surface area contributed by atoms with Gasteiger partial charge in [0, 0.05) is 24.5 Å². The van der Waals surface area contributed by atoms with Crippen LogP contribution in [0, 0.1) is 25.2 Å². The highest BCUT2D eigenvalue weighted by atomic mass is 16.5. The van der Waals surface area contributed by atoms with Crippen LogP contribution in [0.5, 0.6) is 0 Å². The molecular weight excluding hydrogens is 298 g/mol. The van der Waals surface area contributed by atoms with Gasteiger partial charge in [-0.25, -0.2) is 0 Å². The van der Waals surface area contributed by atoms with Gasteiger partial charge in [0.15, 0.2) is 0 Å². The van der Waals surface area contributed by atoms with Gasteiger partial charge in [-0.15, -0.1) is 0 Å². The summed E-state index contributed by atoms with van der Waals surface area (Å²) in [5.74, 6) is 0. The maximum Gasteiger partial charge on any atom is 0.101 e. The van der Waals surface area contributed by atoms with Crippen molar-refractivity contribution in [3.63, 3.8) is 0 Å². The van der Waals surface area contributed by atoms with Gasteiger partial charge < -0.3 is 9.64 Å². The highest BCUT2D eigenvalue weighted by molar-refractivity contribution is 5.72. The van der Waals surface area contributed by atoms with Crippen molar-refractivity contribution in [2.45, 2.75) is 39.9 Å². The molecule has 2 unspecified atom stereocenters. The molecule has 1 aromatic carbocycles. The number of pyridine rings is 1. The van der Waals surface area contributed by atoms with Gasteiger partial charge in [-0.05, 0) is 63.1 Å². The zero-order valence-corrected chi connectivity index (χ0v) is 14.7. The van der Waals surface area contributed by atoms with Gasteiger partial charge in [-0.1, -0.05) is 6.07 Å².